The summed E-state index contributed by atoms with van der Waals surface area (Å²) >= 11 is 4.88. The van der Waals surface area contributed by atoms with Crippen LogP contribution in [0.1, 0.15) is 13.3 Å². The van der Waals surface area contributed by atoms with Crippen LogP contribution in [0.2, 0.25) is 0 Å². The summed E-state index contributed by atoms with van der Waals surface area (Å²) < 4.78 is 0. The summed E-state index contributed by atoms with van der Waals surface area (Å²) in [6, 6.07) is 7.62. The Balaban J connectivity index is 2.81. The van der Waals surface area contributed by atoms with Crippen LogP contribution in [0.15, 0.2) is 24.3 Å². The number of amides is 1. The van der Waals surface area contributed by atoms with Gasteiger partial charge in [-0.3, -0.25) is 4.79 Å². The quantitative estimate of drug-likeness (QED) is 0.800. The lowest BCUT2D eigenvalue weighted by molar-refractivity contribution is -0.118. The predicted molar refractivity (Wildman–Crippen MR) is 80.0 cm³/mol. The Kier molecular flexibility index (Phi) is 5.09. The van der Waals surface area contributed by atoms with Gasteiger partial charge in [0, 0.05) is 25.5 Å². The van der Waals surface area contributed by atoms with Crippen LogP contribution in [0.4, 0.5) is 11.4 Å². The lowest BCUT2D eigenvalue weighted by Crippen LogP contribution is -2.32. The van der Waals surface area contributed by atoms with Crippen molar-refractivity contribution in [3.63, 3.8) is 0 Å². The summed E-state index contributed by atoms with van der Waals surface area (Å²) in [5.41, 5.74) is 7.32. The number of nitrogens with two attached hydrogens (primary N) is 1. The second kappa shape index (κ2) is 6.35. The molecule has 0 saturated heterocycles. The molecule has 0 fully saturated rings. The zero-order chi connectivity index (χ0) is 13.7. The van der Waals surface area contributed by atoms with Crippen molar-refractivity contribution in [2.75, 3.05) is 24.3 Å². The minimum absolute atomic E-state index is 0.152. The first-order chi connectivity index (χ1) is 8.45. The first kappa shape index (κ1) is 14.4. The molecule has 0 heterocycles. The molecule has 5 heteroatoms. The van der Waals surface area contributed by atoms with Gasteiger partial charge < -0.3 is 16.0 Å². The molecule has 98 valence electrons. The highest BCUT2D eigenvalue weighted by molar-refractivity contribution is 7.80. The summed E-state index contributed by atoms with van der Waals surface area (Å²) in [6.07, 6.45) is 0.606. The van der Waals surface area contributed by atoms with Crippen LogP contribution in [-0.2, 0) is 4.79 Å². The number of carbonyl (C=O) groups excluding carboxylic acids is 1. The highest BCUT2D eigenvalue weighted by Crippen LogP contribution is 2.18. The molecule has 0 aromatic heterocycles. The van der Waals surface area contributed by atoms with Crippen molar-refractivity contribution in [1.82, 2.24) is 0 Å². The predicted octanol–water partition coefficient (Wildman–Crippen LogP) is 2.00. The van der Waals surface area contributed by atoms with Crippen LogP contribution in [0.3, 0.4) is 0 Å². The van der Waals surface area contributed by atoms with Gasteiger partial charge in [-0.25, -0.2) is 0 Å². The highest BCUT2D eigenvalue weighted by Gasteiger charge is 2.19. The summed E-state index contributed by atoms with van der Waals surface area (Å²) in [5.74, 6) is -0.566. The van der Waals surface area contributed by atoms with E-state index < -0.39 is 5.92 Å². The maximum Gasteiger partial charge on any atom is 0.234 e. The number of nitrogens with zero attached hydrogens (tertiary/aromatic N) is 1. The number of carbonyl (C=O) groups is 1. The van der Waals surface area contributed by atoms with Gasteiger partial charge in [0.1, 0.15) is 0 Å². The number of thiocarbonyl (C=S) groups is 1. The summed E-state index contributed by atoms with van der Waals surface area (Å²) in [7, 11) is 3.90. The molecule has 1 unspecified atom stereocenters. The van der Waals surface area contributed by atoms with Crippen LogP contribution in [-0.4, -0.2) is 25.0 Å². The van der Waals surface area contributed by atoms with Crippen molar-refractivity contribution < 1.29 is 4.79 Å². The summed E-state index contributed by atoms with van der Waals surface area (Å²) in [4.78, 5) is 14.2. The van der Waals surface area contributed by atoms with Gasteiger partial charge in [0.2, 0.25) is 5.91 Å². The van der Waals surface area contributed by atoms with Crippen molar-refractivity contribution in [1.29, 1.82) is 0 Å². The van der Waals surface area contributed by atoms with E-state index in [0.29, 0.717) is 6.42 Å². The fourth-order valence-electron chi connectivity index (χ4n) is 1.61. The van der Waals surface area contributed by atoms with Gasteiger partial charge in [-0.2, -0.15) is 0 Å². The maximum atomic E-state index is 12.0. The van der Waals surface area contributed by atoms with E-state index in [1.54, 1.807) is 0 Å². The molecule has 3 N–H and O–H groups in total. The zero-order valence-electron chi connectivity index (χ0n) is 10.9. The average molecular weight is 265 g/mol. The number of rotatable bonds is 5. The first-order valence-corrected chi connectivity index (χ1v) is 6.24. The monoisotopic (exact) mass is 265 g/mol. The largest absolute Gasteiger partial charge is 0.393 e. The summed E-state index contributed by atoms with van der Waals surface area (Å²) in [5, 5.41) is 2.84. The Morgan fingerprint density at radius 1 is 1.50 bits per heavy atom. The Hall–Kier alpha value is -1.62. The third kappa shape index (κ3) is 3.70. The fourth-order valence-corrected chi connectivity index (χ4v) is 1.88. The molecular weight excluding hydrogens is 246 g/mol. The molecule has 1 amide bonds. The minimum atomic E-state index is -0.414. The molecule has 0 radical (unpaired) electrons. The number of nitrogens with one attached hydrogen (secondary N) is 1. The van der Waals surface area contributed by atoms with Crippen LogP contribution < -0.4 is 16.0 Å². The molecule has 0 saturated carbocycles. The molecule has 18 heavy (non-hydrogen) atoms. The average Bonchev–Trinajstić information content (AvgIpc) is 2.29. The molecule has 0 bridgehead atoms. The molecular formula is C13H19N3OS. The van der Waals surface area contributed by atoms with E-state index in [1.807, 2.05) is 50.2 Å². The molecule has 1 rings (SSSR count). The van der Waals surface area contributed by atoms with Crippen LogP contribution >= 0.6 is 12.2 Å². The van der Waals surface area contributed by atoms with Gasteiger partial charge in [0.15, 0.2) is 0 Å². The number of hydrogen-bond donors (Lipinski definition) is 2. The third-order valence-electron chi connectivity index (χ3n) is 2.70. The van der Waals surface area contributed by atoms with Crippen LogP contribution in [0, 0.1) is 5.92 Å². The number of hydrogen-bond acceptors (Lipinski definition) is 3. The first-order valence-electron chi connectivity index (χ1n) is 5.83. The molecule has 0 aliphatic heterocycles. The fraction of sp³-hybridized carbons (Fsp3) is 0.385. The maximum absolute atomic E-state index is 12.0. The Morgan fingerprint density at radius 2 is 2.17 bits per heavy atom. The Labute approximate surface area is 113 Å². The smallest absolute Gasteiger partial charge is 0.234 e. The minimum Gasteiger partial charge on any atom is -0.393 e. The zero-order valence-corrected chi connectivity index (χ0v) is 11.8. The van der Waals surface area contributed by atoms with Gasteiger partial charge in [-0.05, 0) is 24.6 Å². The molecule has 0 spiro atoms. The number of benzene rings is 1. The van der Waals surface area contributed by atoms with E-state index >= 15 is 0 Å². The molecule has 1 aromatic carbocycles. The van der Waals surface area contributed by atoms with Crippen molar-refractivity contribution in [3.8, 4) is 0 Å². The van der Waals surface area contributed by atoms with Gasteiger partial charge >= 0.3 is 0 Å². The van der Waals surface area contributed by atoms with E-state index in [2.05, 4.69) is 5.32 Å². The van der Waals surface area contributed by atoms with E-state index in [-0.39, 0.29) is 10.9 Å². The molecule has 4 nitrogen and oxygen atoms in total. The standard InChI is InChI=1S/C13H19N3OS/c1-4-11(12(14)18)13(17)15-9-6-5-7-10(8-9)16(2)3/h5-8,11H,4H2,1-3H3,(H2,14,18)(H,15,17). The molecule has 1 aromatic rings. The Bertz CT molecular complexity index is 446. The van der Waals surface area contributed by atoms with Crippen molar-refractivity contribution in [2.45, 2.75) is 13.3 Å². The molecule has 0 aliphatic carbocycles. The topological polar surface area (TPSA) is 58.4 Å². The lowest BCUT2D eigenvalue weighted by Gasteiger charge is -2.16. The molecule has 0 aliphatic rings. The van der Waals surface area contributed by atoms with Gasteiger partial charge in [0.05, 0.1) is 10.9 Å². The highest BCUT2D eigenvalue weighted by atomic mass is 32.1. The Morgan fingerprint density at radius 3 is 2.67 bits per heavy atom. The molecule has 1 atom stereocenters. The van der Waals surface area contributed by atoms with Crippen molar-refractivity contribution in [3.05, 3.63) is 24.3 Å². The van der Waals surface area contributed by atoms with Gasteiger partial charge in [-0.1, -0.05) is 25.2 Å². The second-order valence-electron chi connectivity index (χ2n) is 4.30. The van der Waals surface area contributed by atoms with Gasteiger partial charge in [0.25, 0.3) is 0 Å². The van der Waals surface area contributed by atoms with Crippen LogP contribution in [0.5, 0.6) is 0 Å². The normalized spacial score (nSPS) is 11.7. The summed E-state index contributed by atoms with van der Waals surface area (Å²) in [6.45, 7) is 1.89. The van der Waals surface area contributed by atoms with Crippen molar-refractivity contribution in [2.24, 2.45) is 11.7 Å². The van der Waals surface area contributed by atoms with Crippen LogP contribution in [0.25, 0.3) is 0 Å². The lowest BCUT2D eigenvalue weighted by atomic mass is 10.1. The van der Waals surface area contributed by atoms with Gasteiger partial charge in [-0.15, -0.1) is 0 Å². The third-order valence-corrected chi connectivity index (χ3v) is 2.98. The van der Waals surface area contributed by atoms with E-state index in [0.717, 1.165) is 11.4 Å². The van der Waals surface area contributed by atoms with E-state index in [1.165, 1.54) is 0 Å². The van der Waals surface area contributed by atoms with E-state index in [4.69, 9.17) is 18.0 Å². The number of anilines is 2. The second-order valence-corrected chi connectivity index (χ2v) is 4.77. The van der Waals surface area contributed by atoms with Crippen molar-refractivity contribution >= 4 is 34.5 Å². The SMILES string of the molecule is CCC(C(=O)Nc1cccc(N(C)C)c1)C(N)=S. The van der Waals surface area contributed by atoms with E-state index in [9.17, 15) is 4.79 Å².